The van der Waals surface area contributed by atoms with Crippen molar-refractivity contribution in [3.05, 3.63) is 41.7 Å². The summed E-state index contributed by atoms with van der Waals surface area (Å²) in [7, 11) is 0. The highest BCUT2D eigenvalue weighted by atomic mass is 19.4. The molecule has 24 heavy (non-hydrogen) atoms. The van der Waals surface area contributed by atoms with Crippen molar-refractivity contribution in [2.45, 2.75) is 43.9 Å². The molecule has 9 heteroatoms. The number of nitrogens with zero attached hydrogens (tertiary/aromatic N) is 4. The van der Waals surface area contributed by atoms with E-state index in [2.05, 4.69) is 20.8 Å². The van der Waals surface area contributed by atoms with Crippen LogP contribution in [-0.4, -0.2) is 32.2 Å². The summed E-state index contributed by atoms with van der Waals surface area (Å²) in [6, 6.07) is 5.25. The molecule has 1 aromatic carbocycles. The van der Waals surface area contributed by atoms with E-state index >= 15 is 0 Å². The van der Waals surface area contributed by atoms with E-state index in [-0.39, 0.29) is 30.0 Å². The first-order chi connectivity index (χ1) is 11.4. The minimum absolute atomic E-state index is 0.0584. The molecule has 0 spiro atoms. The van der Waals surface area contributed by atoms with Gasteiger partial charge in [-0.3, -0.25) is 4.79 Å². The molecule has 1 saturated carbocycles. The number of carbonyl (C=O) groups excluding carboxylic acids is 1. The van der Waals surface area contributed by atoms with Crippen molar-refractivity contribution in [1.82, 2.24) is 25.5 Å². The molecule has 3 rings (SSSR count). The third-order valence-corrected chi connectivity index (χ3v) is 4.23. The van der Waals surface area contributed by atoms with E-state index in [0.29, 0.717) is 12.8 Å². The monoisotopic (exact) mass is 339 g/mol. The van der Waals surface area contributed by atoms with Gasteiger partial charge in [0.2, 0.25) is 5.91 Å². The second-order valence-corrected chi connectivity index (χ2v) is 5.80. The normalized spacial score (nSPS) is 21.0. The first-order valence-electron chi connectivity index (χ1n) is 7.61. The average Bonchev–Trinajstić information content (AvgIpc) is 3.18. The van der Waals surface area contributed by atoms with Crippen molar-refractivity contribution in [2.75, 3.05) is 0 Å². The quantitative estimate of drug-likeness (QED) is 0.926. The van der Waals surface area contributed by atoms with E-state index in [1.165, 1.54) is 23.1 Å². The minimum atomic E-state index is -4.40. The Morgan fingerprint density at radius 3 is 2.79 bits per heavy atom. The molecule has 2 atom stereocenters. The van der Waals surface area contributed by atoms with Crippen molar-refractivity contribution >= 4 is 5.91 Å². The van der Waals surface area contributed by atoms with Crippen LogP contribution in [0.4, 0.5) is 13.2 Å². The lowest BCUT2D eigenvalue weighted by Gasteiger charge is -2.24. The van der Waals surface area contributed by atoms with Gasteiger partial charge in [-0.25, -0.2) is 4.68 Å². The molecule has 1 fully saturated rings. The number of benzene rings is 1. The fourth-order valence-corrected chi connectivity index (χ4v) is 3.24. The third-order valence-electron chi connectivity index (χ3n) is 4.23. The van der Waals surface area contributed by atoms with Crippen LogP contribution in [0.1, 0.15) is 36.3 Å². The number of hydrogen-bond donors (Lipinski definition) is 1. The first-order valence-corrected chi connectivity index (χ1v) is 7.61. The van der Waals surface area contributed by atoms with Crippen LogP contribution in [0.2, 0.25) is 0 Å². The highest BCUT2D eigenvalue weighted by molar-refractivity contribution is 5.76. The van der Waals surface area contributed by atoms with Crippen molar-refractivity contribution in [3.8, 4) is 0 Å². The molecule has 0 unspecified atom stereocenters. The van der Waals surface area contributed by atoms with Crippen LogP contribution in [0.25, 0.3) is 0 Å². The number of nitrogens with one attached hydrogen (secondary N) is 1. The van der Waals surface area contributed by atoms with Gasteiger partial charge in [-0.15, -0.1) is 5.10 Å². The standard InChI is InChI=1S/C15H16F3N5O/c16-15(17,18)12-6-2-1-4-10(12)11-5-3-7-13(11)20-14(24)8-23-9-19-21-22-23/h1-2,4,6,9,11,13H,3,5,7-8H2,(H,20,24)/t11-,13-/m0/s1. The fourth-order valence-electron chi connectivity index (χ4n) is 3.24. The molecular formula is C15H16F3N5O. The molecule has 1 amide bonds. The van der Waals surface area contributed by atoms with E-state index in [9.17, 15) is 18.0 Å². The van der Waals surface area contributed by atoms with Crippen LogP contribution in [0.3, 0.4) is 0 Å². The number of tetrazole rings is 1. The summed E-state index contributed by atoms with van der Waals surface area (Å²) in [5.41, 5.74) is -0.383. The van der Waals surface area contributed by atoms with Crippen LogP contribution in [0.5, 0.6) is 0 Å². The Labute approximate surface area is 136 Å². The first kappa shape index (κ1) is 16.4. The van der Waals surface area contributed by atoms with E-state index < -0.39 is 11.7 Å². The molecular weight excluding hydrogens is 323 g/mol. The van der Waals surface area contributed by atoms with Crippen molar-refractivity contribution < 1.29 is 18.0 Å². The maximum atomic E-state index is 13.2. The largest absolute Gasteiger partial charge is 0.416 e. The summed E-state index contributed by atoms with van der Waals surface area (Å²) < 4.78 is 41.0. The van der Waals surface area contributed by atoms with E-state index in [4.69, 9.17) is 0 Å². The lowest BCUT2D eigenvalue weighted by Crippen LogP contribution is -2.39. The second kappa shape index (κ2) is 6.58. The predicted octanol–water partition coefficient (Wildman–Crippen LogP) is 2.14. The summed E-state index contributed by atoms with van der Waals surface area (Å²) in [5, 5.41) is 13.3. The lowest BCUT2D eigenvalue weighted by molar-refractivity contribution is -0.138. The number of amides is 1. The molecule has 1 aliphatic rings. The third kappa shape index (κ3) is 3.55. The van der Waals surface area contributed by atoms with Crippen LogP contribution >= 0.6 is 0 Å². The summed E-state index contributed by atoms with van der Waals surface area (Å²) in [4.78, 5) is 12.1. The van der Waals surface area contributed by atoms with E-state index in [0.717, 1.165) is 12.5 Å². The highest BCUT2D eigenvalue weighted by Gasteiger charge is 2.38. The molecule has 0 aliphatic heterocycles. The average molecular weight is 339 g/mol. The molecule has 0 radical (unpaired) electrons. The molecule has 2 aromatic rings. The molecule has 0 bridgehead atoms. The van der Waals surface area contributed by atoms with Gasteiger partial charge in [-0.05, 0) is 34.9 Å². The summed E-state index contributed by atoms with van der Waals surface area (Å²) >= 11 is 0. The summed E-state index contributed by atoms with van der Waals surface area (Å²) in [6.45, 7) is -0.0584. The van der Waals surface area contributed by atoms with Gasteiger partial charge in [0, 0.05) is 12.0 Å². The van der Waals surface area contributed by atoms with Crippen LogP contribution in [0, 0.1) is 0 Å². The molecule has 1 aromatic heterocycles. The van der Waals surface area contributed by atoms with Gasteiger partial charge >= 0.3 is 6.18 Å². The van der Waals surface area contributed by atoms with Gasteiger partial charge in [0.25, 0.3) is 0 Å². The SMILES string of the molecule is O=C(Cn1cnnn1)N[C@H]1CCC[C@H]1c1ccccc1C(F)(F)F. The Hall–Kier alpha value is -2.45. The van der Waals surface area contributed by atoms with E-state index in [1.807, 2.05) is 0 Å². The lowest BCUT2D eigenvalue weighted by atomic mass is 9.89. The van der Waals surface area contributed by atoms with Gasteiger partial charge in [-0.1, -0.05) is 24.6 Å². The zero-order valence-corrected chi connectivity index (χ0v) is 12.7. The predicted molar refractivity (Wildman–Crippen MR) is 77.8 cm³/mol. The Kier molecular flexibility index (Phi) is 4.50. The molecule has 0 saturated heterocycles. The van der Waals surface area contributed by atoms with Crippen LogP contribution < -0.4 is 5.32 Å². The maximum Gasteiger partial charge on any atom is 0.416 e. The molecule has 1 N–H and O–H groups in total. The Morgan fingerprint density at radius 1 is 1.29 bits per heavy atom. The summed E-state index contributed by atoms with van der Waals surface area (Å²) in [6.07, 6.45) is -1.06. The van der Waals surface area contributed by atoms with E-state index in [1.54, 1.807) is 6.07 Å². The molecule has 6 nitrogen and oxygen atoms in total. The zero-order valence-electron chi connectivity index (χ0n) is 12.7. The molecule has 1 aliphatic carbocycles. The maximum absolute atomic E-state index is 13.2. The minimum Gasteiger partial charge on any atom is -0.351 e. The Morgan fingerprint density at radius 2 is 2.08 bits per heavy atom. The number of aromatic nitrogens is 4. The molecule has 128 valence electrons. The molecule has 1 heterocycles. The Balaban J connectivity index is 1.75. The van der Waals surface area contributed by atoms with Crippen molar-refractivity contribution in [3.63, 3.8) is 0 Å². The van der Waals surface area contributed by atoms with Crippen LogP contribution in [-0.2, 0) is 17.5 Å². The highest BCUT2D eigenvalue weighted by Crippen LogP contribution is 2.41. The number of carbonyl (C=O) groups is 1. The fraction of sp³-hybridized carbons (Fsp3) is 0.467. The van der Waals surface area contributed by atoms with Crippen molar-refractivity contribution in [1.29, 1.82) is 0 Å². The van der Waals surface area contributed by atoms with Gasteiger partial charge < -0.3 is 5.32 Å². The number of rotatable bonds is 4. The van der Waals surface area contributed by atoms with Gasteiger partial charge in [0.1, 0.15) is 12.9 Å². The second-order valence-electron chi connectivity index (χ2n) is 5.80. The Bertz CT molecular complexity index is 701. The number of halogens is 3. The van der Waals surface area contributed by atoms with Gasteiger partial charge in [-0.2, -0.15) is 13.2 Å². The number of alkyl halides is 3. The van der Waals surface area contributed by atoms with Crippen LogP contribution in [0.15, 0.2) is 30.6 Å². The topological polar surface area (TPSA) is 72.7 Å². The number of hydrogen-bond acceptors (Lipinski definition) is 4. The summed E-state index contributed by atoms with van der Waals surface area (Å²) in [5.74, 6) is -0.663. The van der Waals surface area contributed by atoms with Gasteiger partial charge in [0.15, 0.2) is 0 Å². The zero-order chi connectivity index (χ0) is 17.2. The smallest absolute Gasteiger partial charge is 0.351 e. The van der Waals surface area contributed by atoms with Crippen molar-refractivity contribution in [2.24, 2.45) is 0 Å². The van der Waals surface area contributed by atoms with Gasteiger partial charge in [0.05, 0.1) is 5.56 Å².